The lowest BCUT2D eigenvalue weighted by molar-refractivity contribution is 0.794. The van der Waals surface area contributed by atoms with Crippen molar-refractivity contribution in [2.75, 3.05) is 0 Å². The molecule has 0 atom stereocenters. The second kappa shape index (κ2) is 6.55. The van der Waals surface area contributed by atoms with E-state index in [1.807, 2.05) is 35.9 Å². The number of aryl methyl sites for hydroxylation is 1. The zero-order chi connectivity index (χ0) is 15.5. The molecule has 0 spiro atoms. The number of hydrogen-bond donors (Lipinski definition) is 0. The highest BCUT2D eigenvalue weighted by molar-refractivity contribution is 7.98. The van der Waals surface area contributed by atoms with Crippen LogP contribution in [0.15, 0.2) is 53.7 Å². The Morgan fingerprint density at radius 1 is 1.00 bits per heavy atom. The molecule has 0 saturated carbocycles. The molecule has 0 amide bonds. The van der Waals surface area contributed by atoms with Gasteiger partial charge in [-0.3, -0.25) is 0 Å². The zero-order valence-corrected chi connectivity index (χ0v) is 14.0. The van der Waals surface area contributed by atoms with Gasteiger partial charge in [-0.2, -0.15) is 0 Å². The number of thioether (sulfide) groups is 1. The number of aromatic nitrogens is 3. The van der Waals surface area contributed by atoms with Gasteiger partial charge in [0.15, 0.2) is 11.0 Å². The summed E-state index contributed by atoms with van der Waals surface area (Å²) < 4.78 is 2.03. The Morgan fingerprint density at radius 3 is 2.36 bits per heavy atom. The van der Waals surface area contributed by atoms with E-state index in [4.69, 9.17) is 11.6 Å². The minimum absolute atomic E-state index is 0.758. The second-order valence-electron chi connectivity index (χ2n) is 5.15. The topological polar surface area (TPSA) is 30.7 Å². The first-order valence-corrected chi connectivity index (χ1v) is 8.33. The third-order valence-electron chi connectivity index (χ3n) is 3.43. The largest absolute Gasteiger partial charge is 0.305 e. The van der Waals surface area contributed by atoms with Crippen LogP contribution in [0.25, 0.3) is 11.4 Å². The number of nitrogens with zero attached hydrogens (tertiary/aromatic N) is 3. The van der Waals surface area contributed by atoms with Crippen molar-refractivity contribution < 1.29 is 0 Å². The fourth-order valence-electron chi connectivity index (χ4n) is 2.12. The molecular weight excluding hydrogens is 314 g/mol. The standard InChI is InChI=1S/C17H16ClN3S/c1-12-3-7-14(8-4-12)16-19-20-17(21(16)2)22-11-13-5-9-15(18)10-6-13/h3-10H,11H2,1-2H3. The molecule has 112 valence electrons. The molecule has 0 unspecified atom stereocenters. The van der Waals surface area contributed by atoms with Crippen LogP contribution in [-0.4, -0.2) is 14.8 Å². The van der Waals surface area contributed by atoms with Crippen LogP contribution in [0.5, 0.6) is 0 Å². The monoisotopic (exact) mass is 329 g/mol. The first kappa shape index (κ1) is 15.1. The molecule has 3 rings (SSSR count). The number of rotatable bonds is 4. The highest BCUT2D eigenvalue weighted by Gasteiger charge is 2.11. The van der Waals surface area contributed by atoms with Crippen molar-refractivity contribution in [3.05, 3.63) is 64.7 Å². The summed E-state index contributed by atoms with van der Waals surface area (Å²) in [5.74, 6) is 1.73. The molecule has 22 heavy (non-hydrogen) atoms. The van der Waals surface area contributed by atoms with E-state index >= 15 is 0 Å². The molecule has 0 aliphatic rings. The predicted molar refractivity (Wildman–Crippen MR) is 92.2 cm³/mol. The van der Waals surface area contributed by atoms with Crippen LogP contribution in [0, 0.1) is 6.92 Å². The Kier molecular flexibility index (Phi) is 4.50. The lowest BCUT2D eigenvalue weighted by atomic mass is 10.1. The summed E-state index contributed by atoms with van der Waals surface area (Å²) in [4.78, 5) is 0. The van der Waals surface area contributed by atoms with E-state index in [-0.39, 0.29) is 0 Å². The maximum absolute atomic E-state index is 5.90. The molecule has 2 aromatic carbocycles. The summed E-state index contributed by atoms with van der Waals surface area (Å²) in [5, 5.41) is 10.3. The minimum Gasteiger partial charge on any atom is -0.305 e. The van der Waals surface area contributed by atoms with Crippen LogP contribution in [0.3, 0.4) is 0 Å². The maximum Gasteiger partial charge on any atom is 0.191 e. The molecule has 0 N–H and O–H groups in total. The lowest BCUT2D eigenvalue weighted by Gasteiger charge is -2.04. The van der Waals surface area contributed by atoms with Gasteiger partial charge in [-0.05, 0) is 24.6 Å². The maximum atomic E-state index is 5.90. The molecule has 0 bridgehead atoms. The van der Waals surface area contributed by atoms with Crippen molar-refractivity contribution in [2.24, 2.45) is 7.05 Å². The van der Waals surface area contributed by atoms with Crippen molar-refractivity contribution >= 4 is 23.4 Å². The van der Waals surface area contributed by atoms with Gasteiger partial charge in [-0.1, -0.05) is 65.3 Å². The van der Waals surface area contributed by atoms with E-state index in [2.05, 4.69) is 41.4 Å². The van der Waals surface area contributed by atoms with Crippen molar-refractivity contribution in [1.82, 2.24) is 14.8 Å². The lowest BCUT2D eigenvalue weighted by Crippen LogP contribution is -1.95. The van der Waals surface area contributed by atoms with Crippen molar-refractivity contribution in [1.29, 1.82) is 0 Å². The summed E-state index contributed by atoms with van der Waals surface area (Å²) >= 11 is 7.57. The van der Waals surface area contributed by atoms with Gasteiger partial charge in [0.1, 0.15) is 0 Å². The number of benzene rings is 2. The van der Waals surface area contributed by atoms with Gasteiger partial charge in [0.05, 0.1) is 0 Å². The van der Waals surface area contributed by atoms with E-state index in [9.17, 15) is 0 Å². The summed E-state index contributed by atoms with van der Waals surface area (Å²) in [6, 6.07) is 16.2. The number of halogens is 1. The van der Waals surface area contributed by atoms with Crippen LogP contribution in [0.4, 0.5) is 0 Å². The molecule has 0 fully saturated rings. The molecule has 1 aromatic heterocycles. The average Bonchev–Trinajstić information content (AvgIpc) is 2.89. The Bertz CT molecular complexity index is 764. The molecule has 0 aliphatic carbocycles. The summed E-state index contributed by atoms with van der Waals surface area (Å²) in [5.41, 5.74) is 3.54. The van der Waals surface area contributed by atoms with E-state index in [1.54, 1.807) is 11.8 Å². The molecule has 0 saturated heterocycles. The predicted octanol–water partition coefficient (Wildman–Crippen LogP) is 4.74. The molecule has 0 aliphatic heterocycles. The van der Waals surface area contributed by atoms with Gasteiger partial charge in [0.2, 0.25) is 0 Å². The third kappa shape index (κ3) is 3.34. The Labute approximate surface area is 139 Å². The quantitative estimate of drug-likeness (QED) is 0.648. The van der Waals surface area contributed by atoms with Crippen LogP contribution in [-0.2, 0) is 12.8 Å². The molecular formula is C17H16ClN3S. The first-order valence-electron chi connectivity index (χ1n) is 6.97. The number of hydrogen-bond acceptors (Lipinski definition) is 3. The van der Waals surface area contributed by atoms with E-state index in [0.717, 1.165) is 27.3 Å². The normalized spacial score (nSPS) is 10.9. The Balaban J connectivity index is 1.75. The van der Waals surface area contributed by atoms with Gasteiger partial charge >= 0.3 is 0 Å². The highest BCUT2D eigenvalue weighted by atomic mass is 35.5. The third-order valence-corrected chi connectivity index (χ3v) is 4.77. The molecule has 3 nitrogen and oxygen atoms in total. The van der Waals surface area contributed by atoms with Crippen molar-refractivity contribution in [3.8, 4) is 11.4 Å². The Morgan fingerprint density at radius 2 is 1.68 bits per heavy atom. The smallest absolute Gasteiger partial charge is 0.191 e. The van der Waals surface area contributed by atoms with Gasteiger partial charge in [0.25, 0.3) is 0 Å². The van der Waals surface area contributed by atoms with Crippen molar-refractivity contribution in [3.63, 3.8) is 0 Å². The summed E-state index contributed by atoms with van der Waals surface area (Å²) in [6.45, 7) is 2.08. The van der Waals surface area contributed by atoms with Crippen LogP contribution < -0.4 is 0 Å². The average molecular weight is 330 g/mol. The summed E-state index contributed by atoms with van der Waals surface area (Å²) in [7, 11) is 2.00. The minimum atomic E-state index is 0.758. The fraction of sp³-hybridized carbons (Fsp3) is 0.176. The van der Waals surface area contributed by atoms with E-state index in [0.29, 0.717) is 0 Å². The van der Waals surface area contributed by atoms with Gasteiger partial charge < -0.3 is 4.57 Å². The molecule has 0 radical (unpaired) electrons. The van der Waals surface area contributed by atoms with Crippen LogP contribution >= 0.6 is 23.4 Å². The van der Waals surface area contributed by atoms with Crippen molar-refractivity contribution in [2.45, 2.75) is 17.8 Å². The Hall–Kier alpha value is -1.78. The molecule has 3 aromatic rings. The van der Waals surface area contributed by atoms with Gasteiger partial charge in [-0.25, -0.2) is 0 Å². The second-order valence-corrected chi connectivity index (χ2v) is 6.53. The summed E-state index contributed by atoms with van der Waals surface area (Å²) in [6.07, 6.45) is 0. The van der Waals surface area contributed by atoms with Crippen LogP contribution in [0.1, 0.15) is 11.1 Å². The van der Waals surface area contributed by atoms with E-state index in [1.165, 1.54) is 11.1 Å². The van der Waals surface area contributed by atoms with Crippen LogP contribution in [0.2, 0.25) is 5.02 Å². The van der Waals surface area contributed by atoms with Gasteiger partial charge in [0, 0.05) is 23.4 Å². The van der Waals surface area contributed by atoms with E-state index < -0.39 is 0 Å². The fourth-order valence-corrected chi connectivity index (χ4v) is 3.12. The first-order chi connectivity index (χ1) is 10.6. The SMILES string of the molecule is Cc1ccc(-c2nnc(SCc3ccc(Cl)cc3)n2C)cc1. The molecule has 5 heteroatoms. The zero-order valence-electron chi connectivity index (χ0n) is 12.5. The van der Waals surface area contributed by atoms with Gasteiger partial charge in [-0.15, -0.1) is 10.2 Å². The highest BCUT2D eigenvalue weighted by Crippen LogP contribution is 2.25. The molecule has 1 heterocycles.